The van der Waals surface area contributed by atoms with Crippen LogP contribution in [0.1, 0.15) is 89.7 Å². The van der Waals surface area contributed by atoms with Crippen molar-refractivity contribution in [2.45, 2.75) is 70.1 Å². The highest BCUT2D eigenvalue weighted by molar-refractivity contribution is 6.30. The number of pyridine rings is 4. The number of carboxylic acid groups (broad SMARTS) is 3. The SMILES string of the molecule is O=C(O)c1cn(C2CC2)c2nc(N3CCC(=C(Cl)CN4CCN(C(=O)OCc5ccccc5)CC4)CC3)c(F)cc2c1=O.O=C(O)c1cn(C2CC2)c2nc(N3CCC(=C(Cl)CN4CCNCC4)CC3)c(F)cc2c1=O.O=CO. The second kappa shape index (κ2) is 25.4. The summed E-state index contributed by atoms with van der Waals surface area (Å²) in [4.78, 5) is 88.5. The number of nitrogens with one attached hydrogen (secondary N) is 1. The quantitative estimate of drug-likeness (QED) is 0.0932. The Morgan fingerprint density at radius 1 is 0.658 bits per heavy atom. The van der Waals surface area contributed by atoms with Crippen molar-refractivity contribution in [2.75, 3.05) is 101 Å². The average Bonchev–Trinajstić information content (AvgIpc) is 4.45. The number of hydrogen-bond acceptors (Lipinski definition) is 14. The summed E-state index contributed by atoms with van der Waals surface area (Å²) in [5.41, 5.74) is 1.78. The molecule has 2 aliphatic carbocycles. The number of anilines is 2. The zero-order chi connectivity index (χ0) is 55.9. The number of amides is 1. The fourth-order valence-electron chi connectivity index (χ4n) is 10.4. The van der Waals surface area contributed by atoms with Crippen LogP contribution in [-0.4, -0.2) is 165 Å². The van der Waals surface area contributed by atoms with Gasteiger partial charge in [-0.25, -0.2) is 33.1 Å². The Morgan fingerprint density at radius 2 is 1.08 bits per heavy atom. The molecule has 4 N–H and O–H groups in total. The Labute approximate surface area is 463 Å². The molecule has 2 saturated carbocycles. The molecule has 11 rings (SSSR count). The van der Waals surface area contributed by atoms with Crippen molar-refractivity contribution in [3.63, 3.8) is 0 Å². The molecule has 0 radical (unpaired) electrons. The van der Waals surface area contributed by atoms with Gasteiger partial charge in [0.25, 0.3) is 6.47 Å². The predicted octanol–water partition coefficient (Wildman–Crippen LogP) is 6.88. The van der Waals surface area contributed by atoms with Gasteiger partial charge in [-0.05, 0) is 69.1 Å². The number of piperazine rings is 2. The summed E-state index contributed by atoms with van der Waals surface area (Å²) in [5.74, 6) is -3.53. The smallest absolute Gasteiger partial charge is 0.410 e. The van der Waals surface area contributed by atoms with E-state index in [9.17, 15) is 34.2 Å². The van der Waals surface area contributed by atoms with Gasteiger partial charge in [-0.2, -0.15) is 0 Å². The van der Waals surface area contributed by atoms with Crippen LogP contribution in [0.4, 0.5) is 25.2 Å². The van der Waals surface area contributed by atoms with E-state index in [1.165, 1.54) is 18.0 Å². The Bertz CT molecular complexity index is 3280. The second-order valence-electron chi connectivity index (χ2n) is 20.4. The third-order valence-corrected chi connectivity index (χ3v) is 15.9. The van der Waals surface area contributed by atoms with Gasteiger partial charge in [0.05, 0.1) is 10.8 Å². The van der Waals surface area contributed by atoms with Crippen molar-refractivity contribution in [1.29, 1.82) is 0 Å². The van der Waals surface area contributed by atoms with E-state index in [1.54, 1.807) is 14.0 Å². The number of hydrogen-bond donors (Lipinski definition) is 4. The first-order valence-corrected chi connectivity index (χ1v) is 27.3. The molecule has 5 aromatic rings. The van der Waals surface area contributed by atoms with Gasteiger partial charge >= 0.3 is 18.0 Å². The Hall–Kier alpha value is -6.98. The molecule has 6 fully saturated rings. The van der Waals surface area contributed by atoms with Crippen LogP contribution in [0.2, 0.25) is 0 Å². The first-order chi connectivity index (χ1) is 38.1. The van der Waals surface area contributed by atoms with Gasteiger partial charge in [0, 0.05) is 126 Å². The highest BCUT2D eigenvalue weighted by Gasteiger charge is 2.32. The number of piperidine rings is 2. The van der Waals surface area contributed by atoms with Crippen LogP contribution in [0, 0.1) is 11.6 Å². The number of carbonyl (C=O) groups is 4. The highest BCUT2D eigenvalue weighted by Crippen LogP contribution is 2.39. The van der Waals surface area contributed by atoms with E-state index in [1.807, 2.05) is 40.1 Å². The van der Waals surface area contributed by atoms with Crippen LogP contribution in [0.3, 0.4) is 0 Å². The molecule has 6 aliphatic rings. The minimum absolute atomic E-state index is 0.0136. The zero-order valence-corrected chi connectivity index (χ0v) is 44.9. The fourth-order valence-corrected chi connectivity index (χ4v) is 11.1. The lowest BCUT2D eigenvalue weighted by atomic mass is 10.0. The van der Waals surface area contributed by atoms with E-state index >= 15 is 8.78 Å². The van der Waals surface area contributed by atoms with Crippen LogP contribution in [-0.2, 0) is 16.1 Å². The molecule has 0 unspecified atom stereocenters. The van der Waals surface area contributed by atoms with Crippen molar-refractivity contribution in [2.24, 2.45) is 0 Å². The van der Waals surface area contributed by atoms with E-state index in [4.69, 9.17) is 37.8 Å². The topological polar surface area (TPSA) is 236 Å². The third kappa shape index (κ3) is 13.5. The summed E-state index contributed by atoms with van der Waals surface area (Å²) >= 11 is 13.4. The summed E-state index contributed by atoms with van der Waals surface area (Å²) in [5, 5.41) is 30.7. The molecule has 20 nitrogen and oxygen atoms in total. The maximum Gasteiger partial charge on any atom is 0.410 e. The summed E-state index contributed by atoms with van der Waals surface area (Å²) in [6.45, 7) is 9.96. The largest absolute Gasteiger partial charge is 0.483 e. The van der Waals surface area contributed by atoms with E-state index < -0.39 is 34.4 Å². The molecule has 24 heteroatoms. The molecule has 1 aromatic carbocycles. The van der Waals surface area contributed by atoms with Crippen molar-refractivity contribution in [3.05, 3.63) is 125 Å². The third-order valence-electron chi connectivity index (χ3n) is 15.1. The van der Waals surface area contributed by atoms with Crippen molar-refractivity contribution in [1.82, 2.24) is 39.1 Å². The van der Waals surface area contributed by atoms with Crippen LogP contribution in [0.5, 0.6) is 0 Å². The van der Waals surface area contributed by atoms with E-state index in [0.29, 0.717) is 83.0 Å². The van der Waals surface area contributed by atoms with Gasteiger partial charge < -0.3 is 49.2 Å². The van der Waals surface area contributed by atoms with Gasteiger partial charge in [-0.15, -0.1) is 0 Å². The number of halogens is 4. The van der Waals surface area contributed by atoms with Gasteiger partial charge in [0.2, 0.25) is 10.9 Å². The molecule has 0 spiro atoms. The number of rotatable bonds is 12. The number of aromatic carboxylic acids is 2. The van der Waals surface area contributed by atoms with Crippen LogP contribution in [0.25, 0.3) is 22.1 Å². The van der Waals surface area contributed by atoms with Gasteiger partial charge in [0.1, 0.15) is 29.0 Å². The fraction of sp³-hybridized carbons (Fsp3) is 0.455. The van der Waals surface area contributed by atoms with Crippen molar-refractivity contribution in [3.8, 4) is 0 Å². The standard InChI is InChI=1S/C31H33ClFN5O5.C23H27ClFN5O3.CH2O2/c32-25(18-35-12-14-37(15-13-35)31(42)43-19-20-4-2-1-3-5-20)21-8-10-36(11-9-21)29-26(33)16-23-27(39)24(30(40)41)17-38(22-6-7-22)28(23)34-29;24-18(13-28-9-5-26-6-10-28)14-3-7-29(8-4-14)22-19(25)11-16-20(31)17(23(32)33)12-30(15-1-2-15)21(16)27-22;2-1-3/h1-5,16-17,22H,6-15,18-19H2,(H,40,41);11-12,15,26H,1-10,13H2,(H,32,33);1H,(H,2,3). The minimum atomic E-state index is -1.33. The van der Waals surface area contributed by atoms with Gasteiger partial charge in [-0.1, -0.05) is 64.7 Å². The normalized spacial score (nSPS) is 18.1. The lowest BCUT2D eigenvalue weighted by Gasteiger charge is -2.35. The number of benzene rings is 1. The lowest BCUT2D eigenvalue weighted by Crippen LogP contribution is -2.49. The summed E-state index contributed by atoms with van der Waals surface area (Å²) in [6.07, 6.45) is 8.62. The second-order valence-corrected chi connectivity index (χ2v) is 21.3. The van der Waals surface area contributed by atoms with Gasteiger partial charge in [-0.3, -0.25) is 24.2 Å². The maximum absolute atomic E-state index is 15.3. The predicted molar refractivity (Wildman–Crippen MR) is 294 cm³/mol. The first-order valence-electron chi connectivity index (χ1n) is 26.5. The molecule has 0 atom stereocenters. The molecule has 4 saturated heterocycles. The summed E-state index contributed by atoms with van der Waals surface area (Å²) in [7, 11) is 0. The van der Waals surface area contributed by atoms with E-state index in [-0.39, 0.29) is 64.8 Å². The van der Waals surface area contributed by atoms with Crippen molar-refractivity contribution < 1.29 is 48.0 Å². The maximum atomic E-state index is 15.3. The van der Waals surface area contributed by atoms with Gasteiger partial charge in [0.15, 0.2) is 23.3 Å². The number of carboxylic acids is 2. The molecule has 420 valence electrons. The number of carbonyl (C=O) groups excluding carboxylic acids is 1. The molecular weight excluding hydrogens is 1070 g/mol. The summed E-state index contributed by atoms with van der Waals surface area (Å²) < 4.78 is 39.2. The number of aromatic nitrogens is 4. The summed E-state index contributed by atoms with van der Waals surface area (Å²) in [6, 6.07) is 12.0. The monoisotopic (exact) mass is 1130 g/mol. The number of ether oxygens (including phenoxy) is 1. The Morgan fingerprint density at radius 3 is 1.48 bits per heavy atom. The zero-order valence-electron chi connectivity index (χ0n) is 43.4. The molecule has 8 heterocycles. The number of nitrogens with zero attached hydrogens (tertiary/aromatic N) is 9. The van der Waals surface area contributed by atoms with E-state index in [2.05, 4.69) is 25.1 Å². The molecule has 1 amide bonds. The molecular formula is C55H62Cl2F2N10O10. The van der Waals surface area contributed by atoms with Crippen LogP contribution in [0.15, 0.2) is 85.7 Å². The molecule has 79 heavy (non-hydrogen) atoms. The molecule has 0 bridgehead atoms. The average molecular weight is 1130 g/mol. The van der Waals surface area contributed by atoms with E-state index in [0.717, 1.165) is 105 Å². The molecule has 4 aliphatic heterocycles. The lowest BCUT2D eigenvalue weighted by molar-refractivity contribution is -0.122. The van der Waals surface area contributed by atoms with Crippen molar-refractivity contribution >= 4 is 81.4 Å². The Balaban J connectivity index is 0.000000188. The minimum Gasteiger partial charge on any atom is -0.483 e. The Kier molecular flexibility index (Phi) is 18.3. The van der Waals surface area contributed by atoms with Crippen LogP contribution >= 0.6 is 23.2 Å². The molecule has 4 aromatic heterocycles. The highest BCUT2D eigenvalue weighted by atomic mass is 35.5. The first kappa shape index (κ1) is 56.7. The number of fused-ring (bicyclic) bond motifs is 2. The van der Waals surface area contributed by atoms with Crippen LogP contribution < -0.4 is 26.0 Å².